The molecular weight excluding hydrogens is 320 g/mol. The first-order valence-corrected chi connectivity index (χ1v) is 8.41. The Hall–Kier alpha value is -2.39. The van der Waals surface area contributed by atoms with E-state index in [-0.39, 0.29) is 17.2 Å². The zero-order chi connectivity index (χ0) is 17.0. The summed E-state index contributed by atoms with van der Waals surface area (Å²) in [5, 5.41) is 7.78. The van der Waals surface area contributed by atoms with E-state index in [9.17, 15) is 13.2 Å². The van der Waals surface area contributed by atoms with Gasteiger partial charge in [0.1, 0.15) is 5.69 Å². The summed E-state index contributed by atoms with van der Waals surface area (Å²) in [4.78, 5) is 16.2. The van der Waals surface area contributed by atoms with Gasteiger partial charge in [-0.05, 0) is 25.1 Å². The number of aromatic nitrogens is 2. The highest BCUT2D eigenvalue weighted by Crippen LogP contribution is 2.21. The Bertz CT molecular complexity index is 814. The van der Waals surface area contributed by atoms with Crippen LogP contribution >= 0.6 is 0 Å². The third-order valence-corrected chi connectivity index (χ3v) is 3.96. The maximum absolute atomic E-state index is 12.2. The molecule has 0 aliphatic rings. The minimum absolute atomic E-state index is 0.00746. The minimum atomic E-state index is -3.80. The van der Waals surface area contributed by atoms with E-state index in [1.165, 1.54) is 12.3 Å². The van der Waals surface area contributed by atoms with Gasteiger partial charge in [-0.25, -0.2) is 18.5 Å². The summed E-state index contributed by atoms with van der Waals surface area (Å²) in [6.07, 6.45) is 2.93. The van der Waals surface area contributed by atoms with Crippen LogP contribution in [0, 0.1) is 0 Å². The van der Waals surface area contributed by atoms with E-state index in [0.717, 1.165) is 0 Å². The predicted octanol–water partition coefficient (Wildman–Crippen LogP) is 0.647. The van der Waals surface area contributed by atoms with Crippen molar-refractivity contribution in [1.29, 1.82) is 0 Å². The Balaban J connectivity index is 2.13. The molecule has 2 aromatic heterocycles. The lowest BCUT2D eigenvalue weighted by Gasteiger charge is -2.10. The number of nitrogens with two attached hydrogens (primary N) is 1. The fraction of sp³-hybridized carbons (Fsp3) is 0.286. The average Bonchev–Trinajstić information content (AvgIpc) is 2.82. The standard InChI is InChI=1S/C14H18N4O4S/c1-3-22-14-12(5-4-6-16-14)17-13(19)8-10-7-11(9-18(10)2)23(15,20)21/h4-7,9H,3,8H2,1-2H3,(H,17,19)(H2,15,20,21). The molecule has 0 saturated heterocycles. The highest BCUT2D eigenvalue weighted by atomic mass is 32.2. The molecule has 0 saturated carbocycles. The summed E-state index contributed by atoms with van der Waals surface area (Å²) >= 11 is 0. The molecule has 0 spiro atoms. The zero-order valence-electron chi connectivity index (χ0n) is 12.8. The molecule has 2 rings (SSSR count). The largest absolute Gasteiger partial charge is 0.476 e. The number of primary sulfonamides is 1. The van der Waals surface area contributed by atoms with Gasteiger partial charge in [-0.15, -0.1) is 0 Å². The van der Waals surface area contributed by atoms with Crippen molar-refractivity contribution in [2.24, 2.45) is 12.2 Å². The molecule has 2 aromatic rings. The van der Waals surface area contributed by atoms with Gasteiger partial charge in [0.2, 0.25) is 21.8 Å². The Morgan fingerprint density at radius 2 is 2.22 bits per heavy atom. The van der Waals surface area contributed by atoms with Crippen LogP contribution in [-0.2, 0) is 28.3 Å². The molecule has 0 unspecified atom stereocenters. The summed E-state index contributed by atoms with van der Waals surface area (Å²) in [6.45, 7) is 2.24. The van der Waals surface area contributed by atoms with Crippen molar-refractivity contribution in [1.82, 2.24) is 9.55 Å². The molecule has 0 fully saturated rings. The second-order valence-corrected chi connectivity index (χ2v) is 6.40. The smallest absolute Gasteiger partial charge is 0.239 e. The van der Waals surface area contributed by atoms with Gasteiger partial charge >= 0.3 is 0 Å². The van der Waals surface area contributed by atoms with E-state index in [2.05, 4.69) is 10.3 Å². The van der Waals surface area contributed by atoms with Crippen molar-refractivity contribution in [2.75, 3.05) is 11.9 Å². The van der Waals surface area contributed by atoms with E-state index in [1.54, 1.807) is 29.9 Å². The van der Waals surface area contributed by atoms with Crippen LogP contribution in [0.5, 0.6) is 5.88 Å². The molecule has 8 nitrogen and oxygen atoms in total. The fourth-order valence-corrected chi connectivity index (χ4v) is 2.61. The lowest BCUT2D eigenvalue weighted by Crippen LogP contribution is -2.17. The SMILES string of the molecule is CCOc1ncccc1NC(=O)Cc1cc(S(N)(=O)=O)cn1C. The molecule has 0 radical (unpaired) electrons. The topological polar surface area (TPSA) is 116 Å². The number of pyridine rings is 1. The molecule has 124 valence electrons. The van der Waals surface area contributed by atoms with E-state index >= 15 is 0 Å². The quantitative estimate of drug-likeness (QED) is 0.802. The number of anilines is 1. The number of hydrogen-bond donors (Lipinski definition) is 2. The summed E-state index contributed by atoms with van der Waals surface area (Å²) in [7, 11) is -2.15. The molecule has 1 amide bonds. The monoisotopic (exact) mass is 338 g/mol. The average molecular weight is 338 g/mol. The molecule has 0 aliphatic heterocycles. The van der Waals surface area contributed by atoms with E-state index in [0.29, 0.717) is 23.9 Å². The van der Waals surface area contributed by atoms with Gasteiger partial charge in [-0.3, -0.25) is 4.79 Å². The Morgan fingerprint density at radius 3 is 2.83 bits per heavy atom. The Kier molecular flexibility index (Phi) is 5.02. The van der Waals surface area contributed by atoms with Gasteiger partial charge in [0.25, 0.3) is 0 Å². The van der Waals surface area contributed by atoms with Gasteiger partial charge in [-0.2, -0.15) is 0 Å². The molecular formula is C14H18N4O4S. The third kappa shape index (κ3) is 4.30. The van der Waals surface area contributed by atoms with Crippen molar-refractivity contribution in [2.45, 2.75) is 18.2 Å². The molecule has 0 atom stereocenters. The maximum Gasteiger partial charge on any atom is 0.239 e. The Labute approximate surface area is 134 Å². The number of nitrogens with one attached hydrogen (secondary N) is 1. The summed E-state index contributed by atoms with van der Waals surface area (Å²) in [5.74, 6) is 0.0154. The van der Waals surface area contributed by atoms with E-state index in [1.807, 2.05) is 6.92 Å². The number of sulfonamides is 1. The highest BCUT2D eigenvalue weighted by molar-refractivity contribution is 7.89. The predicted molar refractivity (Wildman–Crippen MR) is 84.5 cm³/mol. The van der Waals surface area contributed by atoms with Gasteiger partial charge in [-0.1, -0.05) is 0 Å². The van der Waals surface area contributed by atoms with Crippen molar-refractivity contribution >= 4 is 21.6 Å². The Morgan fingerprint density at radius 1 is 1.48 bits per heavy atom. The van der Waals surface area contributed by atoms with Crippen LogP contribution in [0.3, 0.4) is 0 Å². The first-order chi connectivity index (χ1) is 10.8. The van der Waals surface area contributed by atoms with Crippen molar-refractivity contribution < 1.29 is 17.9 Å². The molecule has 0 bridgehead atoms. The molecule has 0 aliphatic carbocycles. The second kappa shape index (κ2) is 6.80. The van der Waals surface area contributed by atoms with Crippen LogP contribution in [0.25, 0.3) is 0 Å². The number of hydrogen-bond acceptors (Lipinski definition) is 5. The first-order valence-electron chi connectivity index (χ1n) is 6.87. The lowest BCUT2D eigenvalue weighted by atomic mass is 10.3. The third-order valence-electron chi connectivity index (χ3n) is 3.08. The van der Waals surface area contributed by atoms with Crippen molar-refractivity contribution in [3.8, 4) is 5.88 Å². The van der Waals surface area contributed by atoms with Crippen LogP contribution in [-0.4, -0.2) is 30.5 Å². The molecule has 3 N–H and O–H groups in total. The molecule has 9 heteroatoms. The number of rotatable bonds is 6. The first kappa shape index (κ1) is 17.0. The van der Waals surface area contributed by atoms with Gasteiger partial charge in [0.15, 0.2) is 0 Å². The number of aryl methyl sites for hydroxylation is 1. The number of amides is 1. The molecule has 23 heavy (non-hydrogen) atoms. The summed E-state index contributed by atoms with van der Waals surface area (Å²) < 4.78 is 29.5. The second-order valence-electron chi connectivity index (χ2n) is 4.84. The van der Waals surface area contributed by atoms with Crippen molar-refractivity contribution in [3.05, 3.63) is 36.3 Å². The van der Waals surface area contributed by atoms with E-state index < -0.39 is 10.0 Å². The maximum atomic E-state index is 12.2. The lowest BCUT2D eigenvalue weighted by molar-refractivity contribution is -0.115. The fourth-order valence-electron chi connectivity index (χ4n) is 2.00. The van der Waals surface area contributed by atoms with Gasteiger partial charge in [0.05, 0.1) is 17.9 Å². The van der Waals surface area contributed by atoms with Gasteiger partial charge in [0, 0.05) is 25.1 Å². The van der Waals surface area contributed by atoms with Crippen LogP contribution in [0.1, 0.15) is 12.6 Å². The van der Waals surface area contributed by atoms with Crippen LogP contribution in [0.4, 0.5) is 5.69 Å². The van der Waals surface area contributed by atoms with Crippen LogP contribution < -0.4 is 15.2 Å². The van der Waals surface area contributed by atoms with E-state index in [4.69, 9.17) is 9.88 Å². The zero-order valence-corrected chi connectivity index (χ0v) is 13.6. The van der Waals surface area contributed by atoms with Crippen LogP contribution in [0.2, 0.25) is 0 Å². The minimum Gasteiger partial charge on any atom is -0.476 e. The number of ether oxygens (including phenoxy) is 1. The summed E-state index contributed by atoms with van der Waals surface area (Å²) in [6, 6.07) is 4.73. The molecule has 2 heterocycles. The number of carbonyl (C=O) groups excluding carboxylic acids is 1. The van der Waals surface area contributed by atoms with Gasteiger partial charge < -0.3 is 14.6 Å². The van der Waals surface area contributed by atoms with Crippen molar-refractivity contribution in [3.63, 3.8) is 0 Å². The normalized spacial score (nSPS) is 11.3. The van der Waals surface area contributed by atoms with Crippen LogP contribution in [0.15, 0.2) is 35.5 Å². The highest BCUT2D eigenvalue weighted by Gasteiger charge is 2.16. The number of carbonyl (C=O) groups is 1. The number of nitrogens with zero attached hydrogens (tertiary/aromatic N) is 2. The summed E-state index contributed by atoms with van der Waals surface area (Å²) in [5.41, 5.74) is 0.980. The molecule has 0 aromatic carbocycles.